The van der Waals surface area contributed by atoms with Gasteiger partial charge < -0.3 is 9.64 Å². The molecule has 1 rings (SSSR count). The molecule has 1 atom stereocenters. The Kier molecular flexibility index (Phi) is 3.73. The van der Waals surface area contributed by atoms with E-state index in [2.05, 4.69) is 6.58 Å². The van der Waals surface area contributed by atoms with Crippen molar-refractivity contribution >= 4 is 11.9 Å². The third-order valence-corrected chi connectivity index (χ3v) is 2.44. The van der Waals surface area contributed by atoms with E-state index in [1.807, 2.05) is 20.8 Å². The highest BCUT2D eigenvalue weighted by molar-refractivity contribution is 5.92. The van der Waals surface area contributed by atoms with Crippen LogP contribution in [0.4, 0.5) is 4.79 Å². The first-order valence-corrected chi connectivity index (χ1v) is 5.47. The molecule has 0 aromatic rings. The highest BCUT2D eigenvalue weighted by atomic mass is 16.6. The molecule has 90 valence electrons. The molecule has 0 radical (unpaired) electrons. The molecule has 0 bridgehead atoms. The van der Waals surface area contributed by atoms with Crippen LogP contribution in [0.15, 0.2) is 12.7 Å². The number of hydrogen-bond donors (Lipinski definition) is 0. The minimum atomic E-state index is -0.488. The summed E-state index contributed by atoms with van der Waals surface area (Å²) in [5.74, 6) is -0.101. The average molecular weight is 225 g/mol. The molecule has 1 aliphatic rings. The number of amides is 1. The number of likely N-dealkylation sites (tertiary alicyclic amines) is 1. The summed E-state index contributed by atoms with van der Waals surface area (Å²) in [7, 11) is 0. The summed E-state index contributed by atoms with van der Waals surface area (Å²) in [6.07, 6.45) is 1.68. The van der Waals surface area contributed by atoms with Gasteiger partial charge in [-0.1, -0.05) is 6.58 Å². The molecule has 0 aromatic heterocycles. The molecule has 1 fully saturated rings. The second-order valence-electron chi connectivity index (χ2n) is 5.02. The highest BCUT2D eigenvalue weighted by Gasteiger charge is 2.32. The van der Waals surface area contributed by atoms with E-state index in [0.29, 0.717) is 19.5 Å². The number of rotatable bonds is 2. The molecule has 1 aliphatic heterocycles. The third-order valence-electron chi connectivity index (χ3n) is 2.44. The number of allylic oxidation sites excluding steroid dienone is 1. The molecule has 1 saturated heterocycles. The van der Waals surface area contributed by atoms with Gasteiger partial charge in [-0.05, 0) is 33.3 Å². The Morgan fingerprint density at radius 1 is 1.44 bits per heavy atom. The van der Waals surface area contributed by atoms with E-state index in [1.165, 1.54) is 6.08 Å². The molecule has 0 saturated carbocycles. The van der Waals surface area contributed by atoms with Crippen LogP contribution in [0, 0.1) is 5.92 Å². The number of hydrogen-bond acceptors (Lipinski definition) is 3. The van der Waals surface area contributed by atoms with Gasteiger partial charge >= 0.3 is 6.09 Å². The summed E-state index contributed by atoms with van der Waals surface area (Å²) in [4.78, 5) is 24.6. The van der Waals surface area contributed by atoms with E-state index in [9.17, 15) is 9.59 Å². The lowest BCUT2D eigenvalue weighted by atomic mass is 10.0. The normalized spacial score (nSPS) is 20.7. The fraction of sp³-hybridized carbons (Fsp3) is 0.667. The minimum absolute atomic E-state index is 0.00561. The molecule has 0 N–H and O–H groups in total. The molecule has 1 amide bonds. The van der Waals surface area contributed by atoms with Gasteiger partial charge in [0.2, 0.25) is 0 Å². The van der Waals surface area contributed by atoms with Gasteiger partial charge in [-0.3, -0.25) is 4.79 Å². The largest absolute Gasteiger partial charge is 0.444 e. The first-order chi connectivity index (χ1) is 7.33. The Balaban J connectivity index is 2.50. The Morgan fingerprint density at radius 3 is 2.56 bits per heavy atom. The maximum absolute atomic E-state index is 11.7. The van der Waals surface area contributed by atoms with Crippen molar-refractivity contribution in [1.29, 1.82) is 0 Å². The van der Waals surface area contributed by atoms with Crippen LogP contribution >= 0.6 is 0 Å². The van der Waals surface area contributed by atoms with Crippen LogP contribution in [0.5, 0.6) is 0 Å². The van der Waals surface area contributed by atoms with Gasteiger partial charge in [0.05, 0.1) is 0 Å². The van der Waals surface area contributed by atoms with Crippen molar-refractivity contribution in [2.75, 3.05) is 13.1 Å². The van der Waals surface area contributed by atoms with Crippen molar-refractivity contribution in [3.8, 4) is 0 Å². The lowest BCUT2D eigenvalue weighted by Crippen LogP contribution is -2.35. The maximum Gasteiger partial charge on any atom is 0.410 e. The second-order valence-corrected chi connectivity index (χ2v) is 5.02. The van der Waals surface area contributed by atoms with Gasteiger partial charge in [0, 0.05) is 19.0 Å². The van der Waals surface area contributed by atoms with E-state index >= 15 is 0 Å². The molecular formula is C12H19NO3. The number of ketones is 1. The van der Waals surface area contributed by atoms with E-state index in [0.717, 1.165) is 0 Å². The first-order valence-electron chi connectivity index (χ1n) is 5.47. The Bertz CT molecular complexity index is 304. The van der Waals surface area contributed by atoms with E-state index < -0.39 is 5.60 Å². The van der Waals surface area contributed by atoms with Gasteiger partial charge in [-0.25, -0.2) is 4.79 Å². The van der Waals surface area contributed by atoms with E-state index in [-0.39, 0.29) is 17.8 Å². The zero-order chi connectivity index (χ0) is 12.3. The minimum Gasteiger partial charge on any atom is -0.444 e. The summed E-state index contributed by atoms with van der Waals surface area (Å²) < 4.78 is 5.23. The van der Waals surface area contributed by atoms with Crippen LogP contribution in [0.1, 0.15) is 27.2 Å². The molecule has 0 aromatic carbocycles. The van der Waals surface area contributed by atoms with Crippen LogP contribution < -0.4 is 0 Å². The number of nitrogens with zero attached hydrogens (tertiary/aromatic N) is 1. The standard InChI is InChI=1S/C12H19NO3/c1-5-10(14)9-6-7-13(8-9)11(15)16-12(2,3)4/h5,9H,1,6-8H2,2-4H3. The summed E-state index contributed by atoms with van der Waals surface area (Å²) in [5.41, 5.74) is -0.488. The lowest BCUT2D eigenvalue weighted by Gasteiger charge is -2.24. The quantitative estimate of drug-likeness (QED) is 0.675. The van der Waals surface area contributed by atoms with Gasteiger partial charge in [0.1, 0.15) is 5.60 Å². The number of carbonyl (C=O) groups is 2. The van der Waals surface area contributed by atoms with Crippen molar-refractivity contribution in [2.24, 2.45) is 5.92 Å². The van der Waals surface area contributed by atoms with Crippen LogP contribution in [-0.2, 0) is 9.53 Å². The van der Waals surface area contributed by atoms with Gasteiger partial charge in [-0.2, -0.15) is 0 Å². The summed E-state index contributed by atoms with van der Waals surface area (Å²) >= 11 is 0. The molecule has 0 spiro atoms. The molecular weight excluding hydrogens is 206 g/mol. The maximum atomic E-state index is 11.7. The molecule has 16 heavy (non-hydrogen) atoms. The van der Waals surface area contributed by atoms with Gasteiger partial charge in [-0.15, -0.1) is 0 Å². The molecule has 4 heteroatoms. The summed E-state index contributed by atoms with van der Waals surface area (Å²) in [6, 6.07) is 0. The third kappa shape index (κ3) is 3.36. The van der Waals surface area contributed by atoms with Crippen molar-refractivity contribution in [3.05, 3.63) is 12.7 Å². The van der Waals surface area contributed by atoms with Crippen molar-refractivity contribution < 1.29 is 14.3 Å². The zero-order valence-electron chi connectivity index (χ0n) is 10.2. The van der Waals surface area contributed by atoms with Crippen molar-refractivity contribution in [2.45, 2.75) is 32.8 Å². The molecule has 1 heterocycles. The Morgan fingerprint density at radius 2 is 2.06 bits per heavy atom. The Labute approximate surface area is 96.3 Å². The van der Waals surface area contributed by atoms with Crippen molar-refractivity contribution in [3.63, 3.8) is 0 Å². The topological polar surface area (TPSA) is 46.6 Å². The highest BCUT2D eigenvalue weighted by Crippen LogP contribution is 2.20. The van der Waals surface area contributed by atoms with Crippen molar-refractivity contribution in [1.82, 2.24) is 4.90 Å². The van der Waals surface area contributed by atoms with Crippen LogP contribution in [0.3, 0.4) is 0 Å². The second kappa shape index (κ2) is 4.68. The van der Waals surface area contributed by atoms with E-state index in [1.54, 1.807) is 4.90 Å². The van der Waals surface area contributed by atoms with E-state index in [4.69, 9.17) is 4.74 Å². The first kappa shape index (κ1) is 12.7. The monoisotopic (exact) mass is 225 g/mol. The predicted octanol–water partition coefficient (Wildman–Crippen LogP) is 2.00. The lowest BCUT2D eigenvalue weighted by molar-refractivity contribution is -0.117. The number of ether oxygens (including phenoxy) is 1. The zero-order valence-corrected chi connectivity index (χ0v) is 10.2. The number of carbonyl (C=O) groups excluding carboxylic acids is 2. The molecule has 1 unspecified atom stereocenters. The summed E-state index contributed by atoms with van der Waals surface area (Å²) in [6.45, 7) is 9.96. The van der Waals surface area contributed by atoms with Crippen LogP contribution in [0.2, 0.25) is 0 Å². The molecule has 4 nitrogen and oxygen atoms in total. The predicted molar refractivity (Wildman–Crippen MR) is 61.1 cm³/mol. The van der Waals surface area contributed by atoms with Gasteiger partial charge in [0.25, 0.3) is 0 Å². The SMILES string of the molecule is C=CC(=O)C1CCN(C(=O)OC(C)(C)C)C1. The summed E-state index contributed by atoms with van der Waals surface area (Å²) in [5, 5.41) is 0. The van der Waals surface area contributed by atoms with Gasteiger partial charge in [0.15, 0.2) is 5.78 Å². The smallest absolute Gasteiger partial charge is 0.410 e. The van der Waals surface area contributed by atoms with Crippen LogP contribution in [0.25, 0.3) is 0 Å². The average Bonchev–Trinajstić information content (AvgIpc) is 2.62. The fourth-order valence-electron chi connectivity index (χ4n) is 1.65. The Hall–Kier alpha value is -1.32. The van der Waals surface area contributed by atoms with Crippen LogP contribution in [-0.4, -0.2) is 35.5 Å². The molecule has 0 aliphatic carbocycles. The fourth-order valence-corrected chi connectivity index (χ4v) is 1.65.